The number of hydrogen-bond acceptors (Lipinski definition) is 3. The predicted molar refractivity (Wildman–Crippen MR) is 146 cm³/mol. The van der Waals surface area contributed by atoms with E-state index < -0.39 is 0 Å². The van der Waals surface area contributed by atoms with E-state index in [2.05, 4.69) is 84.9 Å². The van der Waals surface area contributed by atoms with Crippen LogP contribution in [0.3, 0.4) is 0 Å². The zero-order chi connectivity index (χ0) is 24.7. The fourth-order valence-electron chi connectivity index (χ4n) is 5.25. The lowest BCUT2D eigenvalue weighted by Crippen LogP contribution is -2.29. The van der Waals surface area contributed by atoms with Crippen LogP contribution in [-0.2, 0) is 0 Å². The summed E-state index contributed by atoms with van der Waals surface area (Å²) in [5.41, 5.74) is 9.17. The molecule has 0 spiro atoms. The summed E-state index contributed by atoms with van der Waals surface area (Å²) in [5.74, 6) is 0.845. The molecule has 35 heavy (non-hydrogen) atoms. The highest BCUT2D eigenvalue weighted by Crippen LogP contribution is 2.44. The number of pyridine rings is 1. The molecule has 4 aromatic rings. The maximum atomic E-state index is 5.93. The van der Waals surface area contributed by atoms with Gasteiger partial charge in [-0.05, 0) is 111 Å². The quantitative estimate of drug-likeness (QED) is 0.339. The highest BCUT2D eigenvalue weighted by atomic mass is 32.1. The second-order valence-corrected chi connectivity index (χ2v) is 9.59. The van der Waals surface area contributed by atoms with Crippen LogP contribution in [0.15, 0.2) is 72.9 Å². The maximum Gasteiger partial charge on any atom is 0.174 e. The molecule has 0 radical (unpaired) electrons. The van der Waals surface area contributed by atoms with Crippen LogP contribution in [0.1, 0.15) is 45.9 Å². The van der Waals surface area contributed by atoms with Gasteiger partial charge in [-0.1, -0.05) is 12.1 Å². The van der Waals surface area contributed by atoms with E-state index in [1.807, 2.05) is 30.5 Å². The largest absolute Gasteiger partial charge is 0.497 e. The second-order valence-electron chi connectivity index (χ2n) is 9.20. The monoisotopic (exact) mass is 482 g/mol. The van der Waals surface area contributed by atoms with Gasteiger partial charge in [0.25, 0.3) is 0 Å². The summed E-state index contributed by atoms with van der Waals surface area (Å²) in [4.78, 5) is 6.96. The SMILES string of the molecule is COc1ccc(-n2c(C)cc([C@H]3[C@H](c4ccccn4)NC(=S)N3c3cc(C)cc(C)c3)c2C)cc1. The molecule has 178 valence electrons. The molecule has 2 aromatic carbocycles. The third-order valence-corrected chi connectivity index (χ3v) is 7.02. The molecule has 1 saturated heterocycles. The molecule has 0 aliphatic carbocycles. The first-order valence-electron chi connectivity index (χ1n) is 11.8. The topological polar surface area (TPSA) is 42.3 Å². The number of benzene rings is 2. The van der Waals surface area contributed by atoms with E-state index >= 15 is 0 Å². The number of rotatable bonds is 5. The Bertz CT molecular complexity index is 1360. The van der Waals surface area contributed by atoms with Crippen molar-refractivity contribution in [2.45, 2.75) is 39.8 Å². The molecule has 2 aromatic heterocycles. The Morgan fingerprint density at radius 1 is 0.886 bits per heavy atom. The molecule has 1 fully saturated rings. The molecule has 1 N–H and O–H groups in total. The van der Waals surface area contributed by atoms with E-state index in [9.17, 15) is 0 Å². The number of anilines is 1. The number of nitrogens with one attached hydrogen (secondary N) is 1. The minimum absolute atomic E-state index is 0.0446. The van der Waals surface area contributed by atoms with Crippen molar-refractivity contribution in [3.05, 3.63) is 107 Å². The molecule has 0 bridgehead atoms. The van der Waals surface area contributed by atoms with Gasteiger partial charge in [0.2, 0.25) is 0 Å². The van der Waals surface area contributed by atoms with Crippen molar-refractivity contribution in [2.75, 3.05) is 12.0 Å². The normalized spacial score (nSPS) is 17.5. The van der Waals surface area contributed by atoms with Gasteiger partial charge in [0, 0.05) is 29.0 Å². The second kappa shape index (κ2) is 9.19. The molecule has 5 rings (SSSR count). The Hall–Kier alpha value is -3.64. The molecular formula is C29H30N4OS. The molecule has 1 aliphatic rings. The van der Waals surface area contributed by atoms with Crippen LogP contribution in [-0.4, -0.2) is 21.8 Å². The number of ether oxygens (including phenoxy) is 1. The number of aryl methyl sites for hydroxylation is 3. The maximum absolute atomic E-state index is 5.93. The Morgan fingerprint density at radius 3 is 2.23 bits per heavy atom. The van der Waals surface area contributed by atoms with Crippen molar-refractivity contribution in [1.82, 2.24) is 14.9 Å². The van der Waals surface area contributed by atoms with E-state index in [1.54, 1.807) is 7.11 Å². The number of nitrogens with zero attached hydrogens (tertiary/aromatic N) is 3. The average molecular weight is 483 g/mol. The summed E-state index contributed by atoms with van der Waals surface area (Å²) < 4.78 is 7.66. The molecule has 2 atom stereocenters. The summed E-state index contributed by atoms with van der Waals surface area (Å²) in [6, 6.07) is 23.0. The molecular weight excluding hydrogens is 452 g/mol. The van der Waals surface area contributed by atoms with E-state index in [1.165, 1.54) is 28.1 Å². The molecule has 6 heteroatoms. The smallest absolute Gasteiger partial charge is 0.174 e. The van der Waals surface area contributed by atoms with Crippen molar-refractivity contribution < 1.29 is 4.74 Å². The molecule has 0 amide bonds. The number of methoxy groups -OCH3 is 1. The van der Waals surface area contributed by atoms with Crippen molar-refractivity contribution in [3.8, 4) is 11.4 Å². The number of aromatic nitrogens is 2. The lowest BCUT2D eigenvalue weighted by Gasteiger charge is -2.29. The standard InChI is InChI=1S/C29H30N4OS/c1-18-14-19(2)16-23(15-18)33-28(27(31-29(33)35)26-8-6-7-13-30-26)25-17-20(3)32(21(25)4)22-9-11-24(34-5)12-10-22/h6-17,27-28H,1-5H3,(H,31,35)/t27-,28-/m0/s1. The predicted octanol–water partition coefficient (Wildman–Crippen LogP) is 6.29. The summed E-state index contributed by atoms with van der Waals surface area (Å²) in [7, 11) is 1.69. The highest BCUT2D eigenvalue weighted by Gasteiger charge is 2.42. The van der Waals surface area contributed by atoms with E-state index in [0.29, 0.717) is 5.11 Å². The van der Waals surface area contributed by atoms with Crippen LogP contribution in [0.4, 0.5) is 5.69 Å². The van der Waals surface area contributed by atoms with E-state index in [-0.39, 0.29) is 12.1 Å². The first-order valence-corrected chi connectivity index (χ1v) is 12.2. The summed E-state index contributed by atoms with van der Waals surface area (Å²) >= 11 is 5.93. The first kappa shape index (κ1) is 23.1. The Kier molecular flexibility index (Phi) is 6.07. The van der Waals surface area contributed by atoms with Gasteiger partial charge >= 0.3 is 0 Å². The van der Waals surface area contributed by atoms with Crippen molar-refractivity contribution in [3.63, 3.8) is 0 Å². The van der Waals surface area contributed by atoms with Gasteiger partial charge in [0.15, 0.2) is 5.11 Å². The third kappa shape index (κ3) is 4.19. The van der Waals surface area contributed by atoms with Crippen LogP contribution < -0.4 is 15.0 Å². The van der Waals surface area contributed by atoms with Crippen molar-refractivity contribution in [2.24, 2.45) is 0 Å². The molecule has 5 nitrogen and oxygen atoms in total. The van der Waals surface area contributed by atoms with Crippen LogP contribution >= 0.6 is 12.2 Å². The van der Waals surface area contributed by atoms with Gasteiger partial charge in [0.1, 0.15) is 5.75 Å². The van der Waals surface area contributed by atoms with E-state index in [0.717, 1.165) is 22.8 Å². The minimum atomic E-state index is -0.0747. The zero-order valence-electron chi connectivity index (χ0n) is 20.7. The van der Waals surface area contributed by atoms with Crippen LogP contribution in [0, 0.1) is 27.7 Å². The highest BCUT2D eigenvalue weighted by molar-refractivity contribution is 7.80. The van der Waals surface area contributed by atoms with Gasteiger partial charge in [-0.2, -0.15) is 0 Å². The van der Waals surface area contributed by atoms with Gasteiger partial charge in [0.05, 0.1) is 24.9 Å². The molecule has 3 heterocycles. The minimum Gasteiger partial charge on any atom is -0.497 e. The third-order valence-electron chi connectivity index (χ3n) is 6.70. The molecule has 0 unspecified atom stereocenters. The number of hydrogen-bond donors (Lipinski definition) is 1. The van der Waals surface area contributed by atoms with Gasteiger partial charge in [-0.25, -0.2) is 0 Å². The summed E-state index contributed by atoms with van der Waals surface area (Å²) in [6.07, 6.45) is 1.84. The van der Waals surface area contributed by atoms with Crippen LogP contribution in [0.2, 0.25) is 0 Å². The number of thiocarbonyl (C=S) groups is 1. The molecule has 0 saturated carbocycles. The zero-order valence-corrected chi connectivity index (χ0v) is 21.6. The Balaban J connectivity index is 1.67. The van der Waals surface area contributed by atoms with Crippen molar-refractivity contribution >= 4 is 23.0 Å². The van der Waals surface area contributed by atoms with E-state index in [4.69, 9.17) is 21.9 Å². The van der Waals surface area contributed by atoms with Gasteiger partial charge in [-0.15, -0.1) is 0 Å². The fourth-order valence-corrected chi connectivity index (χ4v) is 5.60. The van der Waals surface area contributed by atoms with Crippen LogP contribution in [0.25, 0.3) is 5.69 Å². The average Bonchev–Trinajstić information content (AvgIpc) is 3.34. The van der Waals surface area contributed by atoms with Gasteiger partial charge < -0.3 is 19.5 Å². The first-order chi connectivity index (χ1) is 16.9. The van der Waals surface area contributed by atoms with Crippen LogP contribution in [0.5, 0.6) is 5.75 Å². The summed E-state index contributed by atoms with van der Waals surface area (Å²) in [6.45, 7) is 8.59. The summed E-state index contributed by atoms with van der Waals surface area (Å²) in [5, 5.41) is 4.30. The van der Waals surface area contributed by atoms with Gasteiger partial charge in [-0.3, -0.25) is 4.98 Å². The Labute approximate surface area is 212 Å². The lowest BCUT2D eigenvalue weighted by molar-refractivity contribution is 0.414. The fraction of sp³-hybridized carbons (Fsp3) is 0.241. The lowest BCUT2D eigenvalue weighted by atomic mass is 9.96. The van der Waals surface area contributed by atoms with Crippen molar-refractivity contribution in [1.29, 1.82) is 0 Å². The molecule has 1 aliphatic heterocycles. The Morgan fingerprint density at radius 2 is 1.60 bits per heavy atom.